The van der Waals surface area contributed by atoms with E-state index in [1.807, 2.05) is 41.9 Å². The predicted octanol–water partition coefficient (Wildman–Crippen LogP) is 4.57. The van der Waals surface area contributed by atoms with E-state index in [4.69, 9.17) is 9.47 Å². The predicted molar refractivity (Wildman–Crippen MR) is 139 cm³/mol. The summed E-state index contributed by atoms with van der Waals surface area (Å²) >= 11 is 0. The van der Waals surface area contributed by atoms with Gasteiger partial charge in [-0.05, 0) is 78.1 Å². The molecule has 0 atom stereocenters. The highest BCUT2D eigenvalue weighted by atomic mass is 16.7. The molecule has 3 heterocycles. The smallest absolute Gasteiger partial charge is 0.252 e. The third-order valence-electron chi connectivity index (χ3n) is 7.47. The van der Waals surface area contributed by atoms with Crippen molar-refractivity contribution in [3.05, 3.63) is 74.8 Å². The van der Waals surface area contributed by atoms with Crippen molar-refractivity contribution in [3.8, 4) is 11.5 Å². The second-order valence-corrected chi connectivity index (χ2v) is 10.3. The summed E-state index contributed by atoms with van der Waals surface area (Å²) in [7, 11) is 0. The number of nitrogens with one attached hydrogen (secondary N) is 1. The molecule has 1 aliphatic heterocycles. The third-order valence-corrected chi connectivity index (χ3v) is 7.47. The van der Waals surface area contributed by atoms with Gasteiger partial charge in [-0.1, -0.05) is 31.4 Å². The molecule has 192 valence electrons. The van der Waals surface area contributed by atoms with Crippen LogP contribution in [0.5, 0.6) is 11.5 Å². The normalized spacial score (nSPS) is 15.6. The number of tetrazole rings is 1. The maximum absolute atomic E-state index is 13.1. The number of pyridine rings is 1. The Morgan fingerprint density at radius 3 is 2.70 bits per heavy atom. The van der Waals surface area contributed by atoms with Gasteiger partial charge in [-0.25, -0.2) is 4.68 Å². The van der Waals surface area contributed by atoms with E-state index in [-0.39, 0.29) is 12.4 Å². The first-order chi connectivity index (χ1) is 18.0. The van der Waals surface area contributed by atoms with Gasteiger partial charge in [-0.3, -0.25) is 9.69 Å². The zero-order valence-corrected chi connectivity index (χ0v) is 21.4. The van der Waals surface area contributed by atoms with Crippen LogP contribution in [0.1, 0.15) is 66.2 Å². The minimum absolute atomic E-state index is 0.0694. The maximum atomic E-state index is 13.1. The van der Waals surface area contributed by atoms with Gasteiger partial charge in [0.2, 0.25) is 6.79 Å². The number of benzene rings is 2. The summed E-state index contributed by atoms with van der Waals surface area (Å²) < 4.78 is 13.1. The molecule has 1 saturated carbocycles. The van der Waals surface area contributed by atoms with Crippen LogP contribution < -0.4 is 15.0 Å². The minimum Gasteiger partial charge on any atom is -0.454 e. The van der Waals surface area contributed by atoms with Crippen molar-refractivity contribution in [1.29, 1.82) is 0 Å². The summed E-state index contributed by atoms with van der Waals surface area (Å²) in [5.74, 6) is 2.34. The monoisotopic (exact) mass is 500 g/mol. The molecule has 0 unspecified atom stereocenters. The standard InChI is InChI=1S/C28H32N6O3/c1-18-10-19(2)23-13-21(28(35)29-24(23)11-18)15-33(14-20-8-9-25-26(12-20)37-17-36-25)16-27-30-31-32-34(27)22-6-4-3-5-7-22/h8-13,22H,3-7,14-17H2,1-2H3,(H,29,35). The van der Waals surface area contributed by atoms with Crippen LogP contribution >= 0.6 is 0 Å². The van der Waals surface area contributed by atoms with Crippen molar-refractivity contribution in [3.63, 3.8) is 0 Å². The van der Waals surface area contributed by atoms with Crippen LogP contribution in [0.4, 0.5) is 0 Å². The van der Waals surface area contributed by atoms with Gasteiger partial charge >= 0.3 is 0 Å². The molecule has 1 fully saturated rings. The zero-order valence-electron chi connectivity index (χ0n) is 21.4. The van der Waals surface area contributed by atoms with Crippen LogP contribution in [-0.2, 0) is 19.6 Å². The molecule has 2 aromatic heterocycles. The van der Waals surface area contributed by atoms with E-state index < -0.39 is 0 Å². The fraction of sp³-hybridized carbons (Fsp3) is 0.429. The zero-order chi connectivity index (χ0) is 25.4. The van der Waals surface area contributed by atoms with Gasteiger partial charge in [0, 0.05) is 29.6 Å². The molecule has 0 amide bonds. The highest BCUT2D eigenvalue weighted by Crippen LogP contribution is 2.33. The molecule has 0 spiro atoms. The highest BCUT2D eigenvalue weighted by molar-refractivity contribution is 5.83. The first kappa shape index (κ1) is 23.7. The second-order valence-electron chi connectivity index (χ2n) is 10.3. The summed E-state index contributed by atoms with van der Waals surface area (Å²) in [6.07, 6.45) is 5.88. The Kier molecular flexibility index (Phi) is 6.38. The Morgan fingerprint density at radius 1 is 1.00 bits per heavy atom. The summed E-state index contributed by atoms with van der Waals surface area (Å²) in [6.45, 7) is 5.97. The molecule has 37 heavy (non-hydrogen) atoms. The molecule has 2 aromatic carbocycles. The Hall–Kier alpha value is -3.72. The van der Waals surface area contributed by atoms with Crippen molar-refractivity contribution < 1.29 is 9.47 Å². The molecule has 1 N–H and O–H groups in total. The van der Waals surface area contributed by atoms with Crippen molar-refractivity contribution in [2.24, 2.45) is 0 Å². The van der Waals surface area contributed by atoms with Crippen molar-refractivity contribution >= 4 is 10.9 Å². The van der Waals surface area contributed by atoms with Crippen molar-refractivity contribution in [2.45, 2.75) is 71.6 Å². The number of aryl methyl sites for hydroxylation is 2. The van der Waals surface area contributed by atoms with Gasteiger partial charge in [-0.15, -0.1) is 5.10 Å². The Labute approximate surface area is 215 Å². The van der Waals surface area contributed by atoms with Crippen LogP contribution in [0, 0.1) is 13.8 Å². The molecule has 2 aliphatic rings. The summed E-state index contributed by atoms with van der Waals surface area (Å²) in [6, 6.07) is 12.5. The highest BCUT2D eigenvalue weighted by Gasteiger charge is 2.23. The molecule has 0 radical (unpaired) electrons. The number of nitrogens with zero attached hydrogens (tertiary/aromatic N) is 5. The van der Waals surface area contributed by atoms with Crippen LogP contribution in [0.3, 0.4) is 0 Å². The quantitative estimate of drug-likeness (QED) is 0.397. The Balaban J connectivity index is 1.33. The van der Waals surface area contributed by atoms with E-state index in [0.717, 1.165) is 63.3 Å². The minimum atomic E-state index is -0.0694. The van der Waals surface area contributed by atoms with E-state index in [1.165, 1.54) is 19.3 Å². The van der Waals surface area contributed by atoms with Crippen molar-refractivity contribution in [1.82, 2.24) is 30.1 Å². The van der Waals surface area contributed by atoms with Crippen LogP contribution in [-0.4, -0.2) is 36.9 Å². The average Bonchev–Trinajstić information content (AvgIpc) is 3.54. The molecular weight excluding hydrogens is 468 g/mol. The van der Waals surface area contributed by atoms with Crippen LogP contribution in [0.25, 0.3) is 10.9 Å². The van der Waals surface area contributed by atoms with E-state index >= 15 is 0 Å². The third kappa shape index (κ3) is 4.96. The van der Waals surface area contributed by atoms with Gasteiger partial charge in [0.15, 0.2) is 17.3 Å². The molecule has 9 nitrogen and oxygen atoms in total. The van der Waals surface area contributed by atoms with Gasteiger partial charge in [0.25, 0.3) is 5.56 Å². The van der Waals surface area contributed by atoms with E-state index in [2.05, 4.69) is 38.4 Å². The van der Waals surface area contributed by atoms with Gasteiger partial charge in [-0.2, -0.15) is 0 Å². The lowest BCUT2D eigenvalue weighted by molar-refractivity contribution is 0.174. The topological polar surface area (TPSA) is 98.2 Å². The van der Waals surface area contributed by atoms with E-state index in [9.17, 15) is 4.79 Å². The largest absolute Gasteiger partial charge is 0.454 e. The number of fused-ring (bicyclic) bond motifs is 2. The molecule has 0 saturated heterocycles. The number of hydrogen-bond donors (Lipinski definition) is 1. The summed E-state index contributed by atoms with van der Waals surface area (Å²) in [5, 5.41) is 13.8. The second kappa shape index (κ2) is 9.97. The van der Waals surface area contributed by atoms with Crippen LogP contribution in [0.2, 0.25) is 0 Å². The SMILES string of the molecule is Cc1cc(C)c2cc(CN(Cc3ccc4c(c3)OCO4)Cc3nnnn3C3CCCCC3)c(=O)[nH]c2c1. The number of ether oxygens (including phenoxy) is 2. The van der Waals surface area contributed by atoms with Crippen molar-refractivity contribution in [2.75, 3.05) is 6.79 Å². The summed E-state index contributed by atoms with van der Waals surface area (Å²) in [4.78, 5) is 18.5. The average molecular weight is 501 g/mol. The molecule has 0 bridgehead atoms. The van der Waals surface area contributed by atoms with Gasteiger partial charge in [0.1, 0.15) is 0 Å². The van der Waals surface area contributed by atoms with Crippen LogP contribution in [0.15, 0.2) is 41.2 Å². The lowest BCUT2D eigenvalue weighted by atomic mass is 9.95. The van der Waals surface area contributed by atoms with Gasteiger partial charge in [0.05, 0.1) is 12.6 Å². The Morgan fingerprint density at radius 2 is 1.84 bits per heavy atom. The number of aromatic nitrogens is 5. The summed E-state index contributed by atoms with van der Waals surface area (Å²) in [5.41, 5.74) is 4.88. The number of H-pyrrole nitrogens is 1. The maximum Gasteiger partial charge on any atom is 0.252 e. The molecule has 4 aromatic rings. The van der Waals surface area contributed by atoms with E-state index in [0.29, 0.717) is 25.7 Å². The lowest BCUT2D eigenvalue weighted by Crippen LogP contribution is -2.29. The number of aromatic amines is 1. The first-order valence-electron chi connectivity index (χ1n) is 13.0. The molecule has 1 aliphatic carbocycles. The Bertz CT molecular complexity index is 1490. The molecular formula is C28H32N6O3. The first-order valence-corrected chi connectivity index (χ1v) is 13.0. The molecule has 6 rings (SSSR count). The number of rotatable bonds is 7. The lowest BCUT2D eigenvalue weighted by Gasteiger charge is -2.25. The molecule has 9 heteroatoms. The van der Waals surface area contributed by atoms with E-state index in [1.54, 1.807) is 0 Å². The fourth-order valence-electron chi connectivity index (χ4n) is 5.67. The van der Waals surface area contributed by atoms with Gasteiger partial charge < -0.3 is 14.5 Å². The fourth-order valence-corrected chi connectivity index (χ4v) is 5.67. The number of hydrogen-bond acceptors (Lipinski definition) is 7.